The minimum Gasteiger partial charge on any atom is -0.484 e. The van der Waals surface area contributed by atoms with Gasteiger partial charge in [0.1, 0.15) is 5.75 Å². The van der Waals surface area contributed by atoms with E-state index in [0.29, 0.717) is 22.3 Å². The molecule has 1 aromatic carbocycles. The van der Waals surface area contributed by atoms with Gasteiger partial charge in [0.05, 0.1) is 10.0 Å². The fourth-order valence-corrected chi connectivity index (χ4v) is 1.46. The molecule has 1 rings (SSSR count). The Morgan fingerprint density at radius 2 is 2.12 bits per heavy atom. The van der Waals surface area contributed by atoms with E-state index in [-0.39, 0.29) is 12.5 Å². The van der Waals surface area contributed by atoms with E-state index in [1.54, 1.807) is 18.2 Å². The summed E-state index contributed by atoms with van der Waals surface area (Å²) in [6.07, 6.45) is 2.02. The van der Waals surface area contributed by atoms with E-state index in [1.807, 2.05) is 0 Å². The van der Waals surface area contributed by atoms with Gasteiger partial charge in [-0.3, -0.25) is 4.79 Å². The first-order valence-electron chi connectivity index (χ1n) is 5.48. The Kier molecular flexibility index (Phi) is 6.16. The van der Waals surface area contributed by atoms with Crippen LogP contribution in [0.3, 0.4) is 0 Å². The number of halogens is 2. The number of hydrogen-bond donors (Lipinski definition) is 1. The molecule has 17 heavy (non-hydrogen) atoms. The van der Waals surface area contributed by atoms with Crippen LogP contribution in [-0.4, -0.2) is 19.1 Å². The molecule has 0 spiro atoms. The summed E-state index contributed by atoms with van der Waals surface area (Å²) in [7, 11) is 0. The van der Waals surface area contributed by atoms with E-state index in [1.165, 1.54) is 0 Å². The number of nitrogens with one attached hydrogen (secondary N) is 1. The molecule has 1 amide bonds. The minimum absolute atomic E-state index is 0.0122. The summed E-state index contributed by atoms with van der Waals surface area (Å²) >= 11 is 11.6. The average molecular weight is 276 g/mol. The van der Waals surface area contributed by atoms with Crippen molar-refractivity contribution in [3.8, 4) is 5.75 Å². The maximum absolute atomic E-state index is 11.3. The van der Waals surface area contributed by atoms with Crippen LogP contribution < -0.4 is 10.1 Å². The van der Waals surface area contributed by atoms with E-state index in [0.717, 1.165) is 12.8 Å². The topological polar surface area (TPSA) is 38.3 Å². The van der Waals surface area contributed by atoms with Crippen molar-refractivity contribution in [1.29, 1.82) is 0 Å². The Morgan fingerprint density at radius 3 is 2.76 bits per heavy atom. The fourth-order valence-electron chi connectivity index (χ4n) is 1.17. The molecule has 0 aliphatic rings. The van der Waals surface area contributed by atoms with Crippen LogP contribution in [0.2, 0.25) is 10.0 Å². The summed E-state index contributed by atoms with van der Waals surface area (Å²) in [6, 6.07) is 4.89. The molecule has 1 N–H and O–H groups in total. The molecule has 0 saturated heterocycles. The Labute approximate surface area is 111 Å². The molecule has 0 fully saturated rings. The molecule has 0 aliphatic heterocycles. The maximum Gasteiger partial charge on any atom is 0.257 e. The molecule has 0 aromatic heterocycles. The third-order valence-electron chi connectivity index (χ3n) is 2.11. The summed E-state index contributed by atoms with van der Waals surface area (Å²) in [6.45, 7) is 2.74. The highest BCUT2D eigenvalue weighted by Gasteiger charge is 2.04. The summed E-state index contributed by atoms with van der Waals surface area (Å²) in [5.74, 6) is 0.398. The van der Waals surface area contributed by atoms with Gasteiger partial charge in [0, 0.05) is 12.6 Å². The van der Waals surface area contributed by atoms with Crippen molar-refractivity contribution in [3.63, 3.8) is 0 Å². The van der Waals surface area contributed by atoms with Crippen molar-refractivity contribution in [1.82, 2.24) is 5.32 Å². The summed E-state index contributed by atoms with van der Waals surface area (Å²) < 4.78 is 5.28. The second kappa shape index (κ2) is 7.41. The van der Waals surface area contributed by atoms with Crippen LogP contribution in [0.15, 0.2) is 18.2 Å². The zero-order valence-electron chi connectivity index (χ0n) is 9.63. The number of carbonyl (C=O) groups is 1. The quantitative estimate of drug-likeness (QED) is 0.810. The third-order valence-corrected chi connectivity index (χ3v) is 2.85. The van der Waals surface area contributed by atoms with E-state index >= 15 is 0 Å². The number of carbonyl (C=O) groups excluding carboxylic acids is 1. The van der Waals surface area contributed by atoms with Gasteiger partial charge in [-0.25, -0.2) is 0 Å². The van der Waals surface area contributed by atoms with Crippen molar-refractivity contribution in [2.24, 2.45) is 0 Å². The van der Waals surface area contributed by atoms with Gasteiger partial charge in [0.25, 0.3) is 5.91 Å². The molecule has 0 atom stereocenters. The van der Waals surface area contributed by atoms with Crippen LogP contribution in [0.1, 0.15) is 19.8 Å². The molecule has 0 saturated carbocycles. The standard InChI is InChI=1S/C12H15Cl2NO2/c1-2-3-6-15-12(16)8-17-9-4-5-10(13)11(14)7-9/h4-5,7H,2-3,6,8H2,1H3,(H,15,16). The lowest BCUT2D eigenvalue weighted by atomic mass is 10.3. The zero-order valence-corrected chi connectivity index (χ0v) is 11.1. The molecule has 0 radical (unpaired) electrons. The molecule has 3 nitrogen and oxygen atoms in total. The van der Waals surface area contributed by atoms with Gasteiger partial charge < -0.3 is 10.1 Å². The highest BCUT2D eigenvalue weighted by atomic mass is 35.5. The Balaban J connectivity index is 2.34. The van der Waals surface area contributed by atoms with Crippen LogP contribution in [0.25, 0.3) is 0 Å². The molecule has 5 heteroatoms. The third kappa shape index (κ3) is 5.29. The molecule has 1 aromatic rings. The maximum atomic E-state index is 11.3. The van der Waals surface area contributed by atoms with E-state index < -0.39 is 0 Å². The summed E-state index contributed by atoms with van der Waals surface area (Å²) in [5.41, 5.74) is 0. The molecule has 0 heterocycles. The molecule has 0 bridgehead atoms. The van der Waals surface area contributed by atoms with Gasteiger partial charge in [-0.2, -0.15) is 0 Å². The van der Waals surface area contributed by atoms with Crippen molar-refractivity contribution in [2.75, 3.05) is 13.2 Å². The Morgan fingerprint density at radius 1 is 1.35 bits per heavy atom. The lowest BCUT2D eigenvalue weighted by Crippen LogP contribution is -2.29. The second-order valence-corrected chi connectivity index (χ2v) is 4.38. The van der Waals surface area contributed by atoms with Crippen LogP contribution in [0, 0.1) is 0 Å². The van der Waals surface area contributed by atoms with Crippen LogP contribution >= 0.6 is 23.2 Å². The van der Waals surface area contributed by atoms with E-state index in [4.69, 9.17) is 27.9 Å². The normalized spacial score (nSPS) is 10.1. The summed E-state index contributed by atoms with van der Waals surface area (Å²) in [4.78, 5) is 11.3. The first-order valence-corrected chi connectivity index (χ1v) is 6.23. The molecular weight excluding hydrogens is 261 g/mol. The monoisotopic (exact) mass is 275 g/mol. The van der Waals surface area contributed by atoms with E-state index in [9.17, 15) is 4.79 Å². The zero-order chi connectivity index (χ0) is 12.7. The van der Waals surface area contributed by atoms with Crippen molar-refractivity contribution in [2.45, 2.75) is 19.8 Å². The predicted molar refractivity (Wildman–Crippen MR) is 69.9 cm³/mol. The highest BCUT2D eigenvalue weighted by molar-refractivity contribution is 6.42. The number of benzene rings is 1. The SMILES string of the molecule is CCCCNC(=O)COc1ccc(Cl)c(Cl)c1. The molecule has 94 valence electrons. The number of unbranched alkanes of at least 4 members (excludes halogenated alkanes) is 1. The fraction of sp³-hybridized carbons (Fsp3) is 0.417. The molecule has 0 unspecified atom stereocenters. The van der Waals surface area contributed by atoms with Crippen molar-refractivity contribution < 1.29 is 9.53 Å². The number of amides is 1. The van der Waals surface area contributed by atoms with Crippen LogP contribution in [0.4, 0.5) is 0 Å². The first kappa shape index (κ1) is 14.1. The van der Waals surface area contributed by atoms with E-state index in [2.05, 4.69) is 12.2 Å². The molecular formula is C12H15Cl2NO2. The number of ether oxygens (including phenoxy) is 1. The highest BCUT2D eigenvalue weighted by Crippen LogP contribution is 2.26. The molecule has 0 aliphatic carbocycles. The second-order valence-electron chi connectivity index (χ2n) is 3.57. The van der Waals surface area contributed by atoms with Crippen molar-refractivity contribution in [3.05, 3.63) is 28.2 Å². The van der Waals surface area contributed by atoms with Gasteiger partial charge in [0.2, 0.25) is 0 Å². The predicted octanol–water partition coefficient (Wildman–Crippen LogP) is 3.29. The van der Waals surface area contributed by atoms with Gasteiger partial charge >= 0.3 is 0 Å². The largest absolute Gasteiger partial charge is 0.484 e. The smallest absolute Gasteiger partial charge is 0.257 e. The van der Waals surface area contributed by atoms with Gasteiger partial charge in [0.15, 0.2) is 6.61 Å². The van der Waals surface area contributed by atoms with Crippen LogP contribution in [0.5, 0.6) is 5.75 Å². The van der Waals surface area contributed by atoms with Crippen LogP contribution in [-0.2, 0) is 4.79 Å². The lowest BCUT2D eigenvalue weighted by molar-refractivity contribution is -0.123. The number of rotatable bonds is 6. The summed E-state index contributed by atoms with van der Waals surface area (Å²) in [5, 5.41) is 3.63. The average Bonchev–Trinajstić information content (AvgIpc) is 2.31. The Bertz CT molecular complexity index is 383. The number of hydrogen-bond acceptors (Lipinski definition) is 2. The van der Waals surface area contributed by atoms with Gasteiger partial charge in [-0.1, -0.05) is 36.5 Å². The van der Waals surface area contributed by atoms with Gasteiger partial charge in [-0.05, 0) is 18.6 Å². The lowest BCUT2D eigenvalue weighted by Gasteiger charge is -2.07. The Hall–Kier alpha value is -0.930. The van der Waals surface area contributed by atoms with Crippen molar-refractivity contribution >= 4 is 29.1 Å². The minimum atomic E-state index is -0.135. The first-order chi connectivity index (χ1) is 8.13. The van der Waals surface area contributed by atoms with Gasteiger partial charge in [-0.15, -0.1) is 0 Å².